The van der Waals surface area contributed by atoms with Crippen LogP contribution >= 0.6 is 0 Å². The van der Waals surface area contributed by atoms with Crippen molar-refractivity contribution in [2.24, 2.45) is 0 Å². The average molecular weight is 387 g/mol. The molecule has 2 aliphatic heterocycles. The van der Waals surface area contributed by atoms with Crippen LogP contribution in [0, 0.1) is 5.82 Å². The molecule has 2 heterocycles. The summed E-state index contributed by atoms with van der Waals surface area (Å²) in [5, 5.41) is -0.438. The highest BCUT2D eigenvalue weighted by atomic mass is 32.2. The Bertz CT molecular complexity index is 914. The fraction of sp³-hybridized carbons (Fsp3) is 0.381. The molecule has 27 heavy (non-hydrogen) atoms. The third-order valence-electron chi connectivity index (χ3n) is 5.76. The van der Waals surface area contributed by atoms with Gasteiger partial charge in [0, 0.05) is 12.1 Å². The standard InChI is InChI=1S/C21H22FNO3S/c22-16-8-6-15(7-9-16)12-21(24)23-17-10-11-18(23)14-20(13-17)27(25,26)19-4-2-1-3-5-19/h1-9,17-18,20H,10-14H2/t17-,18-/m0/s1. The van der Waals surface area contributed by atoms with Crippen molar-refractivity contribution in [3.8, 4) is 0 Å². The molecule has 2 aromatic rings. The molecule has 2 fully saturated rings. The zero-order valence-corrected chi connectivity index (χ0v) is 15.7. The van der Waals surface area contributed by atoms with Crippen LogP contribution in [0.25, 0.3) is 0 Å². The molecule has 2 saturated heterocycles. The van der Waals surface area contributed by atoms with Gasteiger partial charge in [0.2, 0.25) is 5.91 Å². The first-order valence-electron chi connectivity index (χ1n) is 9.29. The number of amides is 1. The van der Waals surface area contributed by atoms with Crippen molar-refractivity contribution in [1.29, 1.82) is 0 Å². The van der Waals surface area contributed by atoms with Gasteiger partial charge < -0.3 is 4.90 Å². The number of hydrogen-bond donors (Lipinski definition) is 0. The number of hydrogen-bond acceptors (Lipinski definition) is 3. The maximum absolute atomic E-state index is 13.1. The summed E-state index contributed by atoms with van der Waals surface area (Å²) in [5.41, 5.74) is 0.778. The summed E-state index contributed by atoms with van der Waals surface area (Å²) in [4.78, 5) is 15.1. The molecule has 0 radical (unpaired) electrons. The fourth-order valence-corrected chi connectivity index (χ4v) is 6.33. The number of halogens is 1. The summed E-state index contributed by atoms with van der Waals surface area (Å²) in [6.45, 7) is 0. The molecule has 4 nitrogen and oxygen atoms in total. The molecule has 0 aliphatic carbocycles. The van der Waals surface area contributed by atoms with Gasteiger partial charge in [-0.2, -0.15) is 0 Å². The van der Waals surface area contributed by atoms with Gasteiger partial charge in [-0.1, -0.05) is 30.3 Å². The van der Waals surface area contributed by atoms with E-state index in [0.717, 1.165) is 18.4 Å². The van der Waals surface area contributed by atoms with Crippen molar-refractivity contribution in [3.05, 3.63) is 66.0 Å². The van der Waals surface area contributed by atoms with Crippen molar-refractivity contribution in [3.63, 3.8) is 0 Å². The SMILES string of the molecule is O=C(Cc1ccc(F)cc1)N1[C@H]2CC[C@H]1CC(S(=O)(=O)c1ccccc1)C2. The van der Waals surface area contributed by atoms with E-state index < -0.39 is 15.1 Å². The summed E-state index contributed by atoms with van der Waals surface area (Å²) < 4.78 is 39.0. The minimum Gasteiger partial charge on any atom is -0.336 e. The molecule has 0 saturated carbocycles. The molecule has 0 spiro atoms. The van der Waals surface area contributed by atoms with Gasteiger partial charge in [0.1, 0.15) is 5.82 Å². The van der Waals surface area contributed by atoms with Gasteiger partial charge in [0.25, 0.3) is 0 Å². The molecule has 2 atom stereocenters. The number of sulfone groups is 1. The van der Waals surface area contributed by atoms with Gasteiger partial charge in [-0.3, -0.25) is 4.79 Å². The highest BCUT2D eigenvalue weighted by Crippen LogP contribution is 2.40. The molecular weight excluding hydrogens is 365 g/mol. The monoisotopic (exact) mass is 387 g/mol. The smallest absolute Gasteiger partial charge is 0.227 e. The van der Waals surface area contributed by atoms with E-state index >= 15 is 0 Å². The highest BCUT2D eigenvalue weighted by molar-refractivity contribution is 7.92. The van der Waals surface area contributed by atoms with Crippen molar-refractivity contribution in [1.82, 2.24) is 4.90 Å². The normalized spacial score (nSPS) is 24.8. The van der Waals surface area contributed by atoms with Crippen molar-refractivity contribution < 1.29 is 17.6 Å². The Hall–Kier alpha value is -2.21. The van der Waals surface area contributed by atoms with Gasteiger partial charge >= 0.3 is 0 Å². The second kappa shape index (κ2) is 7.08. The first-order chi connectivity index (χ1) is 12.9. The quantitative estimate of drug-likeness (QED) is 0.808. The average Bonchev–Trinajstić information content (AvgIpc) is 2.94. The second-order valence-corrected chi connectivity index (χ2v) is 9.67. The molecular formula is C21H22FNO3S. The number of carbonyl (C=O) groups is 1. The zero-order valence-electron chi connectivity index (χ0n) is 14.9. The topological polar surface area (TPSA) is 54.5 Å². The number of fused-ring (bicyclic) bond motifs is 2. The second-order valence-electron chi connectivity index (χ2n) is 7.44. The van der Waals surface area contributed by atoms with Crippen LogP contribution in [0.1, 0.15) is 31.2 Å². The van der Waals surface area contributed by atoms with Crippen LogP contribution in [-0.4, -0.2) is 36.6 Å². The largest absolute Gasteiger partial charge is 0.336 e. The third-order valence-corrected chi connectivity index (χ3v) is 7.95. The van der Waals surface area contributed by atoms with E-state index in [4.69, 9.17) is 0 Å². The number of benzene rings is 2. The van der Waals surface area contributed by atoms with Crippen molar-refractivity contribution >= 4 is 15.7 Å². The van der Waals surface area contributed by atoms with Crippen LogP contribution in [0.15, 0.2) is 59.5 Å². The van der Waals surface area contributed by atoms with Gasteiger partial charge in [-0.15, -0.1) is 0 Å². The fourth-order valence-electron chi connectivity index (χ4n) is 4.46. The number of rotatable bonds is 4. The van der Waals surface area contributed by atoms with Crippen LogP contribution in [0.2, 0.25) is 0 Å². The summed E-state index contributed by atoms with van der Waals surface area (Å²) in [5.74, 6) is -0.317. The summed E-state index contributed by atoms with van der Waals surface area (Å²) in [6, 6.07) is 14.5. The van der Waals surface area contributed by atoms with Crippen LogP contribution < -0.4 is 0 Å². The Morgan fingerprint density at radius 2 is 1.56 bits per heavy atom. The van der Waals surface area contributed by atoms with E-state index in [1.807, 2.05) is 4.90 Å². The molecule has 2 aliphatic rings. The zero-order chi connectivity index (χ0) is 19.0. The summed E-state index contributed by atoms with van der Waals surface area (Å²) in [7, 11) is -3.38. The summed E-state index contributed by atoms with van der Waals surface area (Å²) >= 11 is 0. The van der Waals surface area contributed by atoms with E-state index in [9.17, 15) is 17.6 Å². The first-order valence-corrected chi connectivity index (χ1v) is 10.8. The molecule has 2 bridgehead atoms. The maximum Gasteiger partial charge on any atom is 0.227 e. The highest BCUT2D eigenvalue weighted by Gasteiger charge is 2.46. The number of piperidine rings is 1. The van der Waals surface area contributed by atoms with E-state index in [1.165, 1.54) is 12.1 Å². The van der Waals surface area contributed by atoms with Crippen LogP contribution in [0.4, 0.5) is 4.39 Å². The van der Waals surface area contributed by atoms with E-state index in [-0.39, 0.29) is 30.2 Å². The lowest BCUT2D eigenvalue weighted by molar-refractivity contribution is -0.134. The molecule has 0 aromatic heterocycles. The predicted octanol–water partition coefficient (Wildman–Crippen LogP) is 3.36. The minimum absolute atomic E-state index is 0.00432. The number of nitrogens with zero attached hydrogens (tertiary/aromatic N) is 1. The maximum atomic E-state index is 13.1. The van der Waals surface area contributed by atoms with Gasteiger partial charge in [0.15, 0.2) is 9.84 Å². The van der Waals surface area contributed by atoms with Gasteiger partial charge in [-0.25, -0.2) is 12.8 Å². The van der Waals surface area contributed by atoms with Crippen molar-refractivity contribution in [2.45, 2.75) is 54.3 Å². The molecule has 6 heteroatoms. The Labute approximate surface area is 158 Å². The van der Waals surface area contributed by atoms with E-state index in [1.54, 1.807) is 42.5 Å². The van der Waals surface area contributed by atoms with Crippen LogP contribution in [0.5, 0.6) is 0 Å². The Morgan fingerprint density at radius 3 is 2.15 bits per heavy atom. The van der Waals surface area contributed by atoms with Gasteiger partial charge in [-0.05, 0) is 55.5 Å². The predicted molar refractivity (Wildman–Crippen MR) is 100 cm³/mol. The molecule has 142 valence electrons. The molecule has 2 aromatic carbocycles. The van der Waals surface area contributed by atoms with Crippen LogP contribution in [-0.2, 0) is 21.1 Å². The lowest BCUT2D eigenvalue weighted by atomic mass is 10.0. The number of carbonyl (C=O) groups excluding carboxylic acids is 1. The Balaban J connectivity index is 1.49. The molecule has 4 rings (SSSR count). The van der Waals surface area contributed by atoms with Crippen LogP contribution in [0.3, 0.4) is 0 Å². The van der Waals surface area contributed by atoms with Crippen molar-refractivity contribution in [2.75, 3.05) is 0 Å². The lowest BCUT2D eigenvalue weighted by Gasteiger charge is -2.38. The molecule has 0 N–H and O–H groups in total. The van der Waals surface area contributed by atoms with E-state index in [0.29, 0.717) is 17.7 Å². The molecule has 0 unspecified atom stereocenters. The van der Waals surface area contributed by atoms with Gasteiger partial charge in [0.05, 0.1) is 16.6 Å². The molecule has 1 amide bonds. The first kappa shape index (κ1) is 18.2. The lowest BCUT2D eigenvalue weighted by Crippen LogP contribution is -2.50. The third kappa shape index (κ3) is 3.50. The summed E-state index contributed by atoms with van der Waals surface area (Å²) in [6.07, 6.45) is 2.90. The Morgan fingerprint density at radius 1 is 0.963 bits per heavy atom. The Kier molecular flexibility index (Phi) is 4.76. The van der Waals surface area contributed by atoms with E-state index in [2.05, 4.69) is 0 Å². The minimum atomic E-state index is -3.38.